The van der Waals surface area contributed by atoms with Gasteiger partial charge in [-0.05, 0) is 50.8 Å². The topological polar surface area (TPSA) is 97.1 Å². The van der Waals surface area contributed by atoms with Crippen LogP contribution in [0.1, 0.15) is 36.2 Å². The molecule has 1 aliphatic carbocycles. The van der Waals surface area contributed by atoms with Crippen LogP contribution in [-0.4, -0.2) is 31.7 Å². The average Bonchev–Trinajstić information content (AvgIpc) is 3.20. The number of rotatable bonds is 5. The zero-order valence-electron chi connectivity index (χ0n) is 14.4. The molecule has 0 spiro atoms. The number of carboxylic acids is 1. The molecule has 0 saturated heterocycles. The average molecular weight is 342 g/mol. The van der Waals surface area contributed by atoms with Crippen LogP contribution in [0.15, 0.2) is 24.4 Å². The van der Waals surface area contributed by atoms with Crippen LogP contribution >= 0.6 is 0 Å². The predicted octanol–water partition coefficient (Wildman–Crippen LogP) is 2.00. The van der Waals surface area contributed by atoms with E-state index in [1.54, 1.807) is 10.9 Å². The van der Waals surface area contributed by atoms with Crippen molar-refractivity contribution in [1.29, 1.82) is 0 Å². The molecule has 3 rings (SSSR count). The summed E-state index contributed by atoms with van der Waals surface area (Å²) in [5, 5.41) is 16.3. The molecule has 2 atom stereocenters. The Hall–Kier alpha value is -2.70. The molecule has 7 nitrogen and oxygen atoms in total. The molecule has 0 aromatic carbocycles. The molecule has 1 amide bonds. The van der Waals surface area contributed by atoms with Crippen LogP contribution in [0.4, 0.5) is 0 Å². The summed E-state index contributed by atoms with van der Waals surface area (Å²) in [6.07, 6.45) is 3.36. The number of pyridine rings is 1. The molecule has 1 fully saturated rings. The monoisotopic (exact) mass is 342 g/mol. The lowest BCUT2D eigenvalue weighted by Crippen LogP contribution is -2.29. The van der Waals surface area contributed by atoms with Gasteiger partial charge in [-0.3, -0.25) is 9.59 Å². The molecule has 1 saturated carbocycles. The van der Waals surface area contributed by atoms with Crippen LogP contribution < -0.4 is 5.32 Å². The maximum atomic E-state index is 12.2. The van der Waals surface area contributed by atoms with Gasteiger partial charge in [-0.2, -0.15) is 5.10 Å². The van der Waals surface area contributed by atoms with E-state index in [1.807, 2.05) is 32.0 Å². The quantitative estimate of drug-likeness (QED) is 0.866. The predicted molar refractivity (Wildman–Crippen MR) is 91.1 cm³/mol. The highest BCUT2D eigenvalue weighted by atomic mass is 16.4. The molecule has 0 unspecified atom stereocenters. The van der Waals surface area contributed by atoms with Crippen LogP contribution in [0.25, 0.3) is 5.82 Å². The van der Waals surface area contributed by atoms with Crippen molar-refractivity contribution in [3.63, 3.8) is 0 Å². The second-order valence-electron chi connectivity index (χ2n) is 6.63. The van der Waals surface area contributed by atoms with E-state index in [9.17, 15) is 9.59 Å². The van der Waals surface area contributed by atoms with Gasteiger partial charge in [0, 0.05) is 24.4 Å². The second kappa shape index (κ2) is 7.04. The van der Waals surface area contributed by atoms with E-state index in [0.29, 0.717) is 25.8 Å². The first-order chi connectivity index (χ1) is 11.9. The van der Waals surface area contributed by atoms with Gasteiger partial charge in [-0.25, -0.2) is 9.67 Å². The normalized spacial score (nSPS) is 19.8. The SMILES string of the molecule is Cc1cc(C)n(-c2ccc(CNC(=O)[C@@H]3CC[C@H](C(=O)O)C3)cn2)n1. The van der Waals surface area contributed by atoms with Gasteiger partial charge in [0.05, 0.1) is 11.6 Å². The summed E-state index contributed by atoms with van der Waals surface area (Å²) in [7, 11) is 0. The van der Waals surface area contributed by atoms with Gasteiger partial charge in [0.25, 0.3) is 0 Å². The maximum absolute atomic E-state index is 12.2. The van der Waals surface area contributed by atoms with Crippen molar-refractivity contribution < 1.29 is 14.7 Å². The van der Waals surface area contributed by atoms with Gasteiger partial charge < -0.3 is 10.4 Å². The molecule has 132 valence electrons. The Morgan fingerprint density at radius 1 is 1.28 bits per heavy atom. The number of carboxylic acid groups (broad SMARTS) is 1. The molecule has 0 aliphatic heterocycles. The zero-order chi connectivity index (χ0) is 18.0. The van der Waals surface area contributed by atoms with E-state index in [1.165, 1.54) is 0 Å². The molecule has 0 bridgehead atoms. The molecule has 1 aliphatic rings. The van der Waals surface area contributed by atoms with Gasteiger partial charge in [-0.1, -0.05) is 6.07 Å². The van der Waals surface area contributed by atoms with Crippen molar-refractivity contribution in [2.45, 2.75) is 39.7 Å². The first kappa shape index (κ1) is 17.1. The Kier molecular flexibility index (Phi) is 4.83. The van der Waals surface area contributed by atoms with E-state index >= 15 is 0 Å². The Morgan fingerprint density at radius 2 is 2.04 bits per heavy atom. The Labute approximate surface area is 146 Å². The van der Waals surface area contributed by atoms with Gasteiger partial charge in [-0.15, -0.1) is 0 Å². The third-order valence-electron chi connectivity index (χ3n) is 4.66. The highest BCUT2D eigenvalue weighted by molar-refractivity contribution is 5.80. The molecule has 2 aromatic rings. The number of amides is 1. The third kappa shape index (κ3) is 3.87. The van der Waals surface area contributed by atoms with E-state index in [2.05, 4.69) is 15.4 Å². The van der Waals surface area contributed by atoms with Crippen LogP contribution in [0.5, 0.6) is 0 Å². The van der Waals surface area contributed by atoms with Crippen molar-refractivity contribution >= 4 is 11.9 Å². The third-order valence-corrected chi connectivity index (χ3v) is 4.66. The zero-order valence-corrected chi connectivity index (χ0v) is 14.4. The molecule has 2 heterocycles. The van der Waals surface area contributed by atoms with Crippen LogP contribution in [0, 0.1) is 25.7 Å². The highest BCUT2D eigenvalue weighted by Gasteiger charge is 2.33. The lowest BCUT2D eigenvalue weighted by Gasteiger charge is -2.11. The van der Waals surface area contributed by atoms with Gasteiger partial charge in [0.1, 0.15) is 0 Å². The van der Waals surface area contributed by atoms with Gasteiger partial charge >= 0.3 is 5.97 Å². The number of aromatic nitrogens is 3. The summed E-state index contributed by atoms with van der Waals surface area (Å²) >= 11 is 0. The number of carbonyl (C=O) groups excluding carboxylic acids is 1. The standard InChI is InChI=1S/C18H22N4O3/c1-11-7-12(2)22(21-11)16-6-3-13(9-19-16)10-20-17(23)14-4-5-15(8-14)18(24)25/h3,6-7,9,14-15H,4-5,8,10H2,1-2H3,(H,20,23)(H,24,25)/t14-,15+/m1/s1. The fraction of sp³-hybridized carbons (Fsp3) is 0.444. The van der Waals surface area contributed by atoms with Crippen molar-refractivity contribution in [1.82, 2.24) is 20.1 Å². The Balaban J connectivity index is 1.56. The summed E-state index contributed by atoms with van der Waals surface area (Å²) in [5.41, 5.74) is 2.85. The van der Waals surface area contributed by atoms with Crippen molar-refractivity contribution in [2.75, 3.05) is 0 Å². The molecule has 2 N–H and O–H groups in total. The fourth-order valence-electron chi connectivity index (χ4n) is 3.28. The summed E-state index contributed by atoms with van der Waals surface area (Å²) in [6, 6.07) is 5.77. The lowest BCUT2D eigenvalue weighted by molar-refractivity contribution is -0.141. The molecule has 7 heteroatoms. The number of hydrogen-bond donors (Lipinski definition) is 2. The molecular weight excluding hydrogens is 320 g/mol. The van der Waals surface area contributed by atoms with E-state index < -0.39 is 11.9 Å². The largest absolute Gasteiger partial charge is 0.481 e. The van der Waals surface area contributed by atoms with E-state index in [0.717, 1.165) is 22.8 Å². The number of aliphatic carboxylic acids is 1. The summed E-state index contributed by atoms with van der Waals surface area (Å²) < 4.78 is 1.78. The molecule has 25 heavy (non-hydrogen) atoms. The molecular formula is C18H22N4O3. The van der Waals surface area contributed by atoms with Crippen LogP contribution in [0.2, 0.25) is 0 Å². The number of carbonyl (C=O) groups is 2. The first-order valence-corrected chi connectivity index (χ1v) is 8.43. The van der Waals surface area contributed by atoms with Gasteiger partial charge in [0.2, 0.25) is 5.91 Å². The number of aryl methyl sites for hydroxylation is 2. The van der Waals surface area contributed by atoms with Crippen LogP contribution in [0.3, 0.4) is 0 Å². The minimum absolute atomic E-state index is 0.0774. The van der Waals surface area contributed by atoms with E-state index in [-0.39, 0.29) is 11.8 Å². The maximum Gasteiger partial charge on any atom is 0.306 e. The van der Waals surface area contributed by atoms with Crippen molar-refractivity contribution in [2.24, 2.45) is 11.8 Å². The number of nitrogens with zero attached hydrogens (tertiary/aromatic N) is 3. The summed E-state index contributed by atoms with van der Waals surface area (Å²) in [5.74, 6) is -0.744. The molecule has 0 radical (unpaired) electrons. The fourth-order valence-corrected chi connectivity index (χ4v) is 3.28. The van der Waals surface area contributed by atoms with Crippen molar-refractivity contribution in [3.8, 4) is 5.82 Å². The molecule has 2 aromatic heterocycles. The smallest absolute Gasteiger partial charge is 0.306 e. The first-order valence-electron chi connectivity index (χ1n) is 8.43. The second-order valence-corrected chi connectivity index (χ2v) is 6.63. The summed E-state index contributed by atoms with van der Waals surface area (Å²) in [6.45, 7) is 4.30. The minimum Gasteiger partial charge on any atom is -0.481 e. The number of hydrogen-bond acceptors (Lipinski definition) is 4. The van der Waals surface area contributed by atoms with E-state index in [4.69, 9.17) is 5.11 Å². The highest BCUT2D eigenvalue weighted by Crippen LogP contribution is 2.31. The Bertz CT molecular complexity index is 782. The van der Waals surface area contributed by atoms with Crippen molar-refractivity contribution in [3.05, 3.63) is 41.3 Å². The number of nitrogens with one attached hydrogen (secondary N) is 1. The lowest BCUT2D eigenvalue weighted by atomic mass is 10.0. The van der Waals surface area contributed by atoms with Gasteiger partial charge in [0.15, 0.2) is 5.82 Å². The Morgan fingerprint density at radius 3 is 2.60 bits per heavy atom. The summed E-state index contributed by atoms with van der Waals surface area (Å²) in [4.78, 5) is 27.6. The minimum atomic E-state index is -0.806. The van der Waals surface area contributed by atoms with Crippen LogP contribution in [-0.2, 0) is 16.1 Å².